The van der Waals surface area contributed by atoms with Crippen LogP contribution in [0.2, 0.25) is 0 Å². The predicted molar refractivity (Wildman–Crippen MR) is 41.5 cm³/mol. The van der Waals surface area contributed by atoms with Crippen LogP contribution in [0.1, 0.15) is 20.3 Å². The Morgan fingerprint density at radius 2 is 2.27 bits per heavy atom. The van der Waals surface area contributed by atoms with Crippen molar-refractivity contribution in [2.75, 3.05) is 13.7 Å². The van der Waals surface area contributed by atoms with E-state index in [4.69, 9.17) is 9.47 Å². The summed E-state index contributed by atoms with van der Waals surface area (Å²) in [4.78, 5) is 0. The molecule has 1 saturated heterocycles. The molecule has 3 nitrogen and oxygen atoms in total. The third kappa shape index (κ3) is 1.55. The number of ether oxygens (including phenoxy) is 2. The second-order valence-corrected chi connectivity index (χ2v) is 3.25. The van der Waals surface area contributed by atoms with E-state index in [2.05, 4.69) is 0 Å². The zero-order chi connectivity index (χ0) is 8.48. The van der Waals surface area contributed by atoms with E-state index in [9.17, 15) is 5.11 Å². The van der Waals surface area contributed by atoms with E-state index in [0.29, 0.717) is 6.61 Å². The van der Waals surface area contributed by atoms with Gasteiger partial charge in [-0.1, -0.05) is 0 Å². The largest absolute Gasteiger partial charge is 0.385 e. The maximum atomic E-state index is 9.85. The first kappa shape index (κ1) is 8.97. The van der Waals surface area contributed by atoms with E-state index in [-0.39, 0.29) is 12.2 Å². The standard InChI is InChI=1S/C8H16O3/c1-6-8(2,9)7(10-3)4-5-11-6/h6-7,9H,4-5H2,1-3H3/t6-,7-,8+/m0/s1. The quantitative estimate of drug-likeness (QED) is 0.609. The van der Waals surface area contributed by atoms with Crippen LogP contribution in [0, 0.1) is 0 Å². The maximum Gasteiger partial charge on any atom is 0.114 e. The second-order valence-electron chi connectivity index (χ2n) is 3.25. The van der Waals surface area contributed by atoms with Gasteiger partial charge in [-0.05, 0) is 20.3 Å². The molecule has 3 atom stereocenters. The predicted octanol–water partition coefficient (Wildman–Crippen LogP) is 0.561. The Bertz CT molecular complexity index is 133. The van der Waals surface area contributed by atoms with Crippen LogP contribution in [0.3, 0.4) is 0 Å². The van der Waals surface area contributed by atoms with Crippen molar-refractivity contribution in [3.8, 4) is 0 Å². The minimum atomic E-state index is -0.840. The summed E-state index contributed by atoms with van der Waals surface area (Å²) in [7, 11) is 1.62. The zero-order valence-corrected chi connectivity index (χ0v) is 7.33. The average molecular weight is 160 g/mol. The maximum absolute atomic E-state index is 9.85. The van der Waals surface area contributed by atoms with Crippen molar-refractivity contribution >= 4 is 0 Å². The summed E-state index contributed by atoms with van der Waals surface area (Å²) in [5.41, 5.74) is -0.840. The van der Waals surface area contributed by atoms with Crippen molar-refractivity contribution in [3.05, 3.63) is 0 Å². The molecule has 0 spiro atoms. The van der Waals surface area contributed by atoms with Gasteiger partial charge in [-0.25, -0.2) is 0 Å². The molecule has 3 heteroatoms. The van der Waals surface area contributed by atoms with Crippen LogP contribution >= 0.6 is 0 Å². The van der Waals surface area contributed by atoms with Gasteiger partial charge in [-0.15, -0.1) is 0 Å². The number of rotatable bonds is 1. The van der Waals surface area contributed by atoms with Gasteiger partial charge >= 0.3 is 0 Å². The van der Waals surface area contributed by atoms with Crippen LogP contribution in [0.25, 0.3) is 0 Å². The molecule has 0 radical (unpaired) electrons. The second kappa shape index (κ2) is 3.09. The molecular formula is C8H16O3. The van der Waals surface area contributed by atoms with Gasteiger partial charge in [0.15, 0.2) is 0 Å². The van der Waals surface area contributed by atoms with E-state index in [1.165, 1.54) is 0 Å². The summed E-state index contributed by atoms with van der Waals surface area (Å²) in [5, 5.41) is 9.85. The molecule has 1 aliphatic rings. The molecule has 0 aromatic heterocycles. The lowest BCUT2D eigenvalue weighted by Crippen LogP contribution is -2.54. The van der Waals surface area contributed by atoms with Gasteiger partial charge in [0.05, 0.1) is 12.2 Å². The lowest BCUT2D eigenvalue weighted by atomic mass is 9.89. The van der Waals surface area contributed by atoms with Crippen molar-refractivity contribution in [2.24, 2.45) is 0 Å². The van der Waals surface area contributed by atoms with Crippen LogP contribution in [0.5, 0.6) is 0 Å². The minimum Gasteiger partial charge on any atom is -0.385 e. The highest BCUT2D eigenvalue weighted by Gasteiger charge is 2.41. The van der Waals surface area contributed by atoms with E-state index in [0.717, 1.165) is 6.42 Å². The van der Waals surface area contributed by atoms with Gasteiger partial charge in [0, 0.05) is 13.7 Å². The topological polar surface area (TPSA) is 38.7 Å². The molecular weight excluding hydrogens is 144 g/mol. The summed E-state index contributed by atoms with van der Waals surface area (Å²) < 4.78 is 10.4. The van der Waals surface area contributed by atoms with Gasteiger partial charge in [0.25, 0.3) is 0 Å². The van der Waals surface area contributed by atoms with Gasteiger partial charge in [0.1, 0.15) is 5.60 Å². The highest BCUT2D eigenvalue weighted by Crippen LogP contribution is 2.26. The Morgan fingerprint density at radius 3 is 2.73 bits per heavy atom. The Balaban J connectivity index is 2.64. The number of hydrogen-bond acceptors (Lipinski definition) is 3. The SMILES string of the molecule is CO[C@H]1CCO[C@@H](C)[C@@]1(C)O. The summed E-state index contributed by atoms with van der Waals surface area (Å²) in [6.07, 6.45) is 0.542. The first-order valence-corrected chi connectivity index (χ1v) is 3.95. The van der Waals surface area contributed by atoms with Gasteiger partial charge in [-0.3, -0.25) is 0 Å². The summed E-state index contributed by atoms with van der Waals surface area (Å²) in [5.74, 6) is 0. The Hall–Kier alpha value is -0.120. The van der Waals surface area contributed by atoms with Crippen LogP contribution in [0.15, 0.2) is 0 Å². The molecule has 1 N–H and O–H groups in total. The van der Waals surface area contributed by atoms with E-state index in [1.54, 1.807) is 14.0 Å². The molecule has 0 saturated carbocycles. The Labute approximate surface area is 67.3 Å². The Morgan fingerprint density at radius 1 is 1.64 bits per heavy atom. The Kier molecular flexibility index (Phi) is 2.52. The number of methoxy groups -OCH3 is 1. The zero-order valence-electron chi connectivity index (χ0n) is 7.33. The monoisotopic (exact) mass is 160 g/mol. The van der Waals surface area contributed by atoms with Crippen molar-refractivity contribution in [1.82, 2.24) is 0 Å². The third-order valence-electron chi connectivity index (χ3n) is 2.51. The smallest absolute Gasteiger partial charge is 0.114 e. The van der Waals surface area contributed by atoms with Crippen LogP contribution in [-0.2, 0) is 9.47 Å². The summed E-state index contributed by atoms with van der Waals surface area (Å²) >= 11 is 0. The van der Waals surface area contributed by atoms with Gasteiger partial charge in [-0.2, -0.15) is 0 Å². The lowest BCUT2D eigenvalue weighted by molar-refractivity contribution is -0.195. The molecule has 1 rings (SSSR count). The molecule has 11 heavy (non-hydrogen) atoms. The fourth-order valence-corrected chi connectivity index (χ4v) is 1.43. The van der Waals surface area contributed by atoms with E-state index >= 15 is 0 Å². The van der Waals surface area contributed by atoms with Crippen LogP contribution in [-0.4, -0.2) is 36.6 Å². The molecule has 0 amide bonds. The first-order valence-electron chi connectivity index (χ1n) is 3.95. The van der Waals surface area contributed by atoms with Crippen molar-refractivity contribution in [1.29, 1.82) is 0 Å². The highest BCUT2D eigenvalue weighted by atomic mass is 16.5. The van der Waals surface area contributed by atoms with Gasteiger partial charge in [0.2, 0.25) is 0 Å². The number of aliphatic hydroxyl groups is 1. The van der Waals surface area contributed by atoms with E-state index in [1.807, 2.05) is 6.92 Å². The normalized spacial score (nSPS) is 45.8. The molecule has 0 aromatic carbocycles. The number of hydrogen-bond donors (Lipinski definition) is 1. The van der Waals surface area contributed by atoms with Gasteiger partial charge < -0.3 is 14.6 Å². The molecule has 0 unspecified atom stereocenters. The molecule has 1 fully saturated rings. The van der Waals surface area contributed by atoms with Crippen molar-refractivity contribution < 1.29 is 14.6 Å². The van der Waals surface area contributed by atoms with Crippen molar-refractivity contribution in [2.45, 2.75) is 38.1 Å². The fourth-order valence-electron chi connectivity index (χ4n) is 1.43. The van der Waals surface area contributed by atoms with Crippen LogP contribution in [0.4, 0.5) is 0 Å². The molecule has 0 aromatic rings. The van der Waals surface area contributed by atoms with Crippen molar-refractivity contribution in [3.63, 3.8) is 0 Å². The fraction of sp³-hybridized carbons (Fsp3) is 1.00. The summed E-state index contributed by atoms with van der Waals surface area (Å²) in [6, 6.07) is 0. The summed E-state index contributed by atoms with van der Waals surface area (Å²) in [6.45, 7) is 4.30. The lowest BCUT2D eigenvalue weighted by Gasteiger charge is -2.40. The van der Waals surface area contributed by atoms with E-state index < -0.39 is 5.60 Å². The molecule has 1 heterocycles. The molecule has 0 bridgehead atoms. The average Bonchev–Trinajstić information content (AvgIpc) is 1.95. The third-order valence-corrected chi connectivity index (χ3v) is 2.51. The molecule has 1 aliphatic heterocycles. The molecule has 66 valence electrons. The minimum absolute atomic E-state index is 0.0914. The molecule has 0 aliphatic carbocycles. The highest BCUT2D eigenvalue weighted by molar-refractivity contribution is 4.91. The first-order chi connectivity index (χ1) is 5.09. The van der Waals surface area contributed by atoms with Crippen LogP contribution < -0.4 is 0 Å².